The lowest BCUT2D eigenvalue weighted by Gasteiger charge is -2.27. The molecule has 0 spiro atoms. The number of furan rings is 1. The van der Waals surface area contributed by atoms with Crippen LogP contribution in [0.1, 0.15) is 0 Å². The first-order chi connectivity index (χ1) is 24.3. The van der Waals surface area contributed by atoms with Crippen LogP contribution in [0.5, 0.6) is 0 Å². The van der Waals surface area contributed by atoms with Gasteiger partial charge in [0.2, 0.25) is 0 Å². The summed E-state index contributed by atoms with van der Waals surface area (Å²) in [4.78, 5) is 2.40. The summed E-state index contributed by atoms with van der Waals surface area (Å²) < 4.78 is 9.27. The number of hydrogen-bond donors (Lipinski definition) is 0. The zero-order chi connectivity index (χ0) is 32.3. The first-order valence-electron chi connectivity index (χ1n) is 16.6. The molecule has 0 aliphatic heterocycles. The first-order valence-corrected chi connectivity index (χ1v) is 17.4. The molecule has 0 atom stereocenters. The van der Waals surface area contributed by atoms with Gasteiger partial charge < -0.3 is 9.32 Å². The lowest BCUT2D eigenvalue weighted by molar-refractivity contribution is 0.674. The van der Waals surface area contributed by atoms with Crippen LogP contribution in [0.4, 0.5) is 17.1 Å². The molecule has 0 aliphatic carbocycles. The van der Waals surface area contributed by atoms with Crippen molar-refractivity contribution >= 4 is 81.3 Å². The Kier molecular flexibility index (Phi) is 6.39. The van der Waals surface area contributed by atoms with Crippen LogP contribution < -0.4 is 4.90 Å². The van der Waals surface area contributed by atoms with Crippen LogP contribution in [0.2, 0.25) is 0 Å². The maximum Gasteiger partial charge on any atom is 0.143 e. The molecule has 2 aromatic heterocycles. The lowest BCUT2D eigenvalue weighted by atomic mass is 10.0. The van der Waals surface area contributed by atoms with Gasteiger partial charge in [0.15, 0.2) is 0 Å². The van der Waals surface area contributed by atoms with E-state index in [0.717, 1.165) is 49.8 Å². The van der Waals surface area contributed by atoms with Crippen molar-refractivity contribution in [2.45, 2.75) is 0 Å². The molecule has 0 saturated carbocycles. The molecule has 3 heteroatoms. The fourth-order valence-electron chi connectivity index (χ4n) is 7.35. The van der Waals surface area contributed by atoms with Crippen LogP contribution in [0.25, 0.3) is 75.1 Å². The Hall–Kier alpha value is -6.16. The minimum atomic E-state index is 0.921. The fourth-order valence-corrected chi connectivity index (χ4v) is 8.47. The van der Waals surface area contributed by atoms with Gasteiger partial charge in [-0.3, -0.25) is 0 Å². The van der Waals surface area contributed by atoms with Crippen molar-refractivity contribution in [1.29, 1.82) is 0 Å². The highest BCUT2D eigenvalue weighted by Crippen LogP contribution is 2.46. The quantitative estimate of drug-likeness (QED) is 0.186. The second kappa shape index (κ2) is 11.2. The van der Waals surface area contributed by atoms with E-state index in [1.807, 2.05) is 11.3 Å². The molecule has 10 aromatic rings. The van der Waals surface area contributed by atoms with Gasteiger partial charge in [-0.2, -0.15) is 0 Å². The molecule has 49 heavy (non-hydrogen) atoms. The number of anilines is 3. The van der Waals surface area contributed by atoms with Crippen LogP contribution in [0.15, 0.2) is 180 Å². The monoisotopic (exact) mass is 643 g/mol. The predicted molar refractivity (Wildman–Crippen MR) is 210 cm³/mol. The van der Waals surface area contributed by atoms with Gasteiger partial charge in [-0.25, -0.2) is 0 Å². The number of para-hydroxylation sites is 1. The second-order valence-electron chi connectivity index (χ2n) is 12.5. The van der Waals surface area contributed by atoms with E-state index in [4.69, 9.17) is 4.42 Å². The molecule has 2 nitrogen and oxygen atoms in total. The summed E-state index contributed by atoms with van der Waals surface area (Å²) in [6.45, 7) is 0. The first kappa shape index (κ1) is 27.9. The van der Waals surface area contributed by atoms with E-state index in [0.29, 0.717) is 0 Å². The molecule has 0 amide bonds. The Morgan fingerprint density at radius 2 is 1.00 bits per heavy atom. The summed E-state index contributed by atoms with van der Waals surface area (Å²) in [5.74, 6) is 0. The van der Waals surface area contributed by atoms with E-state index in [9.17, 15) is 0 Å². The topological polar surface area (TPSA) is 16.4 Å². The minimum absolute atomic E-state index is 0.921. The minimum Gasteiger partial charge on any atom is -0.455 e. The Morgan fingerprint density at radius 3 is 1.82 bits per heavy atom. The molecule has 0 fully saturated rings. The van der Waals surface area contributed by atoms with E-state index in [2.05, 4.69) is 181 Å². The molecule has 0 unspecified atom stereocenters. The Bertz CT molecular complexity index is 2810. The van der Waals surface area contributed by atoms with Crippen LogP contribution in [-0.4, -0.2) is 0 Å². The van der Waals surface area contributed by atoms with Crippen molar-refractivity contribution in [2.75, 3.05) is 4.90 Å². The van der Waals surface area contributed by atoms with E-state index >= 15 is 0 Å². The highest BCUT2D eigenvalue weighted by molar-refractivity contribution is 7.26. The molecule has 2 heterocycles. The average molecular weight is 644 g/mol. The maximum absolute atomic E-state index is 6.69. The molecule has 8 aromatic carbocycles. The second-order valence-corrected chi connectivity index (χ2v) is 13.6. The molecule has 0 bridgehead atoms. The number of thiophene rings is 1. The summed E-state index contributed by atoms with van der Waals surface area (Å²) in [7, 11) is 0. The van der Waals surface area contributed by atoms with Crippen molar-refractivity contribution in [3.8, 4) is 22.3 Å². The van der Waals surface area contributed by atoms with Crippen molar-refractivity contribution < 1.29 is 4.42 Å². The molecule has 230 valence electrons. The largest absolute Gasteiger partial charge is 0.455 e. The van der Waals surface area contributed by atoms with Gasteiger partial charge in [-0.05, 0) is 70.6 Å². The highest BCUT2D eigenvalue weighted by atomic mass is 32.1. The molecule has 0 saturated heterocycles. The van der Waals surface area contributed by atoms with Gasteiger partial charge in [0.05, 0.1) is 5.69 Å². The van der Waals surface area contributed by atoms with E-state index in [1.54, 1.807) is 0 Å². The number of rotatable bonds is 5. The third-order valence-electron chi connectivity index (χ3n) is 9.68. The molecular weight excluding hydrogens is 615 g/mol. The number of nitrogens with zero attached hydrogens (tertiary/aromatic N) is 1. The zero-order valence-electron chi connectivity index (χ0n) is 26.5. The summed E-state index contributed by atoms with van der Waals surface area (Å²) in [5, 5.41) is 7.17. The molecule has 10 rings (SSSR count). The summed E-state index contributed by atoms with van der Waals surface area (Å²) in [6.07, 6.45) is 0. The molecule has 0 aliphatic rings. The number of hydrogen-bond acceptors (Lipinski definition) is 3. The van der Waals surface area contributed by atoms with Crippen LogP contribution >= 0.6 is 11.3 Å². The SMILES string of the molecule is c1ccc(-c2ccc(N(c3ccc(-c4cccc5c4oc4c6ccccc6ccc54)cc3)c3cccc4sc5ccccc5c34)cc2)cc1. The molecule has 0 radical (unpaired) electrons. The van der Waals surface area contributed by atoms with Crippen LogP contribution in [-0.2, 0) is 0 Å². The Balaban J connectivity index is 1.13. The third-order valence-corrected chi connectivity index (χ3v) is 10.8. The smallest absolute Gasteiger partial charge is 0.143 e. The third kappa shape index (κ3) is 4.55. The molecular formula is C46H29NOS. The van der Waals surface area contributed by atoms with Crippen molar-refractivity contribution in [2.24, 2.45) is 0 Å². The highest BCUT2D eigenvalue weighted by Gasteiger charge is 2.20. The Labute approximate surface area is 287 Å². The lowest BCUT2D eigenvalue weighted by Crippen LogP contribution is -2.10. The summed E-state index contributed by atoms with van der Waals surface area (Å²) in [5.41, 5.74) is 9.87. The Morgan fingerprint density at radius 1 is 0.388 bits per heavy atom. The standard InChI is InChI=1S/C46H29NOS/c1-2-10-30(11-3-1)31-20-25-34(26-21-31)47(41-17-9-19-43-44(41)40-14-6-7-18-42(40)49-43)35-27-22-33(23-28-35)37-15-8-16-38-39-29-24-32-12-4-5-13-36(32)46(39)48-45(37)38/h1-29H. The average Bonchev–Trinajstić information content (AvgIpc) is 3.75. The van der Waals surface area contributed by atoms with Gasteiger partial charge in [0.25, 0.3) is 0 Å². The number of benzene rings is 8. The van der Waals surface area contributed by atoms with Gasteiger partial charge in [0, 0.05) is 53.3 Å². The number of fused-ring (bicyclic) bond motifs is 8. The summed E-state index contributed by atoms with van der Waals surface area (Å²) >= 11 is 1.85. The van der Waals surface area contributed by atoms with Gasteiger partial charge in [0.1, 0.15) is 11.2 Å². The van der Waals surface area contributed by atoms with Crippen molar-refractivity contribution in [3.05, 3.63) is 176 Å². The van der Waals surface area contributed by atoms with E-state index in [-0.39, 0.29) is 0 Å². The zero-order valence-corrected chi connectivity index (χ0v) is 27.3. The van der Waals surface area contributed by atoms with Crippen molar-refractivity contribution in [3.63, 3.8) is 0 Å². The van der Waals surface area contributed by atoms with Gasteiger partial charge in [-0.1, -0.05) is 127 Å². The van der Waals surface area contributed by atoms with E-state index in [1.165, 1.54) is 42.4 Å². The van der Waals surface area contributed by atoms with Crippen LogP contribution in [0, 0.1) is 0 Å². The summed E-state index contributed by atoms with van der Waals surface area (Å²) in [6, 6.07) is 63.1. The maximum atomic E-state index is 6.69. The normalized spacial score (nSPS) is 11.7. The predicted octanol–water partition coefficient (Wildman–Crippen LogP) is 13.9. The van der Waals surface area contributed by atoms with Crippen LogP contribution in [0.3, 0.4) is 0 Å². The van der Waals surface area contributed by atoms with Gasteiger partial charge in [-0.15, -0.1) is 11.3 Å². The van der Waals surface area contributed by atoms with E-state index < -0.39 is 0 Å². The van der Waals surface area contributed by atoms with Crippen molar-refractivity contribution in [1.82, 2.24) is 0 Å². The van der Waals surface area contributed by atoms with Gasteiger partial charge >= 0.3 is 0 Å². The fraction of sp³-hybridized carbons (Fsp3) is 0. The molecule has 0 N–H and O–H groups in total.